The Morgan fingerprint density at radius 2 is 1.61 bits per heavy atom. The molecule has 0 spiro atoms. The monoisotopic (exact) mass is 255 g/mol. The zero-order valence-corrected chi connectivity index (χ0v) is 12.6. The summed E-state index contributed by atoms with van der Waals surface area (Å²) in [6, 6.07) is 0.00899. The van der Waals surface area contributed by atoms with Gasteiger partial charge in [0, 0.05) is 0 Å². The topological polar surface area (TPSA) is 44.4 Å². The molecule has 1 aliphatic heterocycles. The van der Waals surface area contributed by atoms with Crippen LogP contribution in [0, 0.1) is 0 Å². The fraction of sp³-hybridized carbons (Fsp3) is 0.929. The number of hydrogen-bond acceptors (Lipinski definition) is 2. The highest BCUT2D eigenvalue weighted by Crippen LogP contribution is 2.27. The van der Waals surface area contributed by atoms with Gasteiger partial charge in [0.05, 0.1) is 5.54 Å². The Hall–Kier alpha value is -0.770. The minimum absolute atomic E-state index is 0.00899. The lowest BCUT2D eigenvalue weighted by Crippen LogP contribution is -2.54. The van der Waals surface area contributed by atoms with Crippen LogP contribution in [0.15, 0.2) is 0 Å². The van der Waals surface area contributed by atoms with Crippen molar-refractivity contribution in [2.75, 3.05) is 0 Å². The molecule has 1 fully saturated rings. The predicted molar refractivity (Wildman–Crippen MR) is 75.0 cm³/mol. The van der Waals surface area contributed by atoms with Crippen LogP contribution in [-0.2, 0) is 0 Å². The Balaban J connectivity index is 2.77. The van der Waals surface area contributed by atoms with Crippen molar-refractivity contribution in [3.63, 3.8) is 0 Å². The molecule has 0 unspecified atom stereocenters. The number of amides is 2. The minimum atomic E-state index is -0.226. The largest absolute Gasteiger partial charge is 0.333 e. The number of hydrogen-bond donors (Lipinski definition) is 2. The Kier molecular flexibility index (Phi) is 5.02. The molecule has 1 rings (SSSR count). The Bertz CT molecular complexity index is 275. The lowest BCUT2D eigenvalue weighted by Gasteiger charge is -2.34. The molecule has 1 aliphatic rings. The van der Waals surface area contributed by atoms with E-state index in [1.807, 2.05) is 0 Å². The molecule has 0 bridgehead atoms. The zero-order chi connectivity index (χ0) is 13.8. The third kappa shape index (κ3) is 3.61. The van der Waals surface area contributed by atoms with Crippen LogP contribution in [0.25, 0.3) is 0 Å². The first-order valence-electron chi connectivity index (χ1n) is 7.25. The number of nitrogens with zero attached hydrogens (tertiary/aromatic N) is 1. The molecule has 0 aromatic carbocycles. The van der Waals surface area contributed by atoms with Crippen LogP contribution < -0.4 is 10.7 Å². The maximum Gasteiger partial charge on any atom is 0.333 e. The van der Waals surface area contributed by atoms with Gasteiger partial charge < -0.3 is 5.32 Å². The number of urea groups is 1. The molecule has 106 valence electrons. The maximum atomic E-state index is 12.1. The summed E-state index contributed by atoms with van der Waals surface area (Å²) in [6.07, 6.45) is 6.58. The molecule has 2 amide bonds. The normalized spacial score (nSPS) is 19.2. The predicted octanol–water partition coefficient (Wildman–Crippen LogP) is 3.39. The van der Waals surface area contributed by atoms with Crippen LogP contribution in [0.1, 0.15) is 73.1 Å². The highest BCUT2D eigenvalue weighted by Gasteiger charge is 2.44. The number of unbranched alkanes of at least 4 members (excludes halogenated alkanes) is 2. The van der Waals surface area contributed by atoms with E-state index in [-0.39, 0.29) is 17.2 Å². The second-order valence-corrected chi connectivity index (χ2v) is 6.34. The molecular weight excluding hydrogens is 226 g/mol. The first kappa shape index (κ1) is 15.3. The first-order valence-corrected chi connectivity index (χ1v) is 7.25. The molecule has 1 heterocycles. The van der Waals surface area contributed by atoms with E-state index in [4.69, 9.17) is 0 Å². The molecule has 0 saturated carbocycles. The molecule has 0 aromatic rings. The number of hydrazine groups is 1. The molecule has 4 heteroatoms. The Labute approximate surface area is 111 Å². The van der Waals surface area contributed by atoms with Crippen molar-refractivity contribution < 1.29 is 4.79 Å². The van der Waals surface area contributed by atoms with Gasteiger partial charge in [-0.25, -0.2) is 10.2 Å². The summed E-state index contributed by atoms with van der Waals surface area (Å²) in [5.74, 6) is 0. The van der Waals surface area contributed by atoms with Gasteiger partial charge in [0.15, 0.2) is 0 Å². The van der Waals surface area contributed by atoms with Crippen molar-refractivity contribution in [1.82, 2.24) is 15.8 Å². The molecule has 0 radical (unpaired) electrons. The van der Waals surface area contributed by atoms with Crippen LogP contribution in [-0.4, -0.2) is 22.2 Å². The van der Waals surface area contributed by atoms with E-state index < -0.39 is 0 Å². The molecule has 1 saturated heterocycles. The van der Waals surface area contributed by atoms with E-state index in [1.54, 1.807) is 5.01 Å². The van der Waals surface area contributed by atoms with E-state index >= 15 is 0 Å². The van der Waals surface area contributed by atoms with E-state index in [0.717, 1.165) is 38.5 Å². The van der Waals surface area contributed by atoms with Crippen molar-refractivity contribution in [2.24, 2.45) is 0 Å². The Morgan fingerprint density at radius 3 is 1.94 bits per heavy atom. The van der Waals surface area contributed by atoms with Crippen LogP contribution in [0.4, 0.5) is 4.79 Å². The quantitative estimate of drug-likeness (QED) is 0.764. The molecule has 2 N–H and O–H groups in total. The fourth-order valence-electron chi connectivity index (χ4n) is 2.34. The summed E-state index contributed by atoms with van der Waals surface area (Å²) >= 11 is 0. The summed E-state index contributed by atoms with van der Waals surface area (Å²) in [6.45, 7) is 10.5. The number of carbonyl (C=O) groups is 1. The Morgan fingerprint density at radius 1 is 1.11 bits per heavy atom. The zero-order valence-electron chi connectivity index (χ0n) is 12.6. The average molecular weight is 255 g/mol. The minimum Gasteiger partial charge on any atom is -0.317 e. The number of nitrogens with one attached hydrogen (secondary N) is 2. The van der Waals surface area contributed by atoms with Crippen LogP contribution in [0.3, 0.4) is 0 Å². The molecule has 4 nitrogen and oxygen atoms in total. The standard InChI is InChI=1S/C14H29N3O/c1-6-8-10-14(11-9-7-2)15-12(18)17(16-14)13(3,4)5/h16H,6-11H2,1-5H3,(H,15,18). The van der Waals surface area contributed by atoms with Gasteiger partial charge in [-0.05, 0) is 46.5 Å². The van der Waals surface area contributed by atoms with Gasteiger partial charge in [0.2, 0.25) is 0 Å². The number of carbonyl (C=O) groups excluding carboxylic acids is 1. The summed E-state index contributed by atoms with van der Waals surface area (Å²) in [4.78, 5) is 12.1. The van der Waals surface area contributed by atoms with E-state index in [2.05, 4.69) is 45.4 Å². The molecule has 0 atom stereocenters. The smallest absolute Gasteiger partial charge is 0.317 e. The summed E-state index contributed by atoms with van der Waals surface area (Å²) in [7, 11) is 0. The van der Waals surface area contributed by atoms with E-state index in [1.165, 1.54) is 0 Å². The van der Waals surface area contributed by atoms with Crippen LogP contribution >= 0.6 is 0 Å². The lowest BCUT2D eigenvalue weighted by molar-refractivity contribution is 0.0964. The van der Waals surface area contributed by atoms with Gasteiger partial charge in [0.25, 0.3) is 0 Å². The summed E-state index contributed by atoms with van der Waals surface area (Å²) < 4.78 is 0. The third-order valence-electron chi connectivity index (χ3n) is 3.46. The average Bonchev–Trinajstić information content (AvgIpc) is 2.62. The molecule has 0 aliphatic carbocycles. The van der Waals surface area contributed by atoms with Gasteiger partial charge in [-0.15, -0.1) is 0 Å². The van der Waals surface area contributed by atoms with Crippen LogP contribution in [0.2, 0.25) is 0 Å². The van der Waals surface area contributed by atoms with Crippen molar-refractivity contribution in [3.05, 3.63) is 0 Å². The molecule has 18 heavy (non-hydrogen) atoms. The second kappa shape index (κ2) is 5.91. The van der Waals surface area contributed by atoms with Crippen molar-refractivity contribution >= 4 is 6.03 Å². The first-order chi connectivity index (χ1) is 8.34. The van der Waals surface area contributed by atoms with E-state index in [9.17, 15) is 4.79 Å². The third-order valence-corrected chi connectivity index (χ3v) is 3.46. The van der Waals surface area contributed by atoms with Crippen molar-refractivity contribution in [1.29, 1.82) is 0 Å². The molecular formula is C14H29N3O. The maximum absolute atomic E-state index is 12.1. The van der Waals surface area contributed by atoms with Crippen molar-refractivity contribution in [2.45, 2.75) is 84.3 Å². The van der Waals surface area contributed by atoms with Crippen molar-refractivity contribution in [3.8, 4) is 0 Å². The van der Waals surface area contributed by atoms with Gasteiger partial charge >= 0.3 is 6.03 Å². The van der Waals surface area contributed by atoms with Gasteiger partial charge in [0.1, 0.15) is 5.66 Å². The highest BCUT2D eigenvalue weighted by atomic mass is 16.2. The van der Waals surface area contributed by atoms with E-state index in [0.29, 0.717) is 0 Å². The lowest BCUT2D eigenvalue weighted by atomic mass is 9.97. The highest BCUT2D eigenvalue weighted by molar-refractivity contribution is 5.77. The van der Waals surface area contributed by atoms with Gasteiger partial charge in [-0.1, -0.05) is 26.7 Å². The fourth-order valence-corrected chi connectivity index (χ4v) is 2.34. The van der Waals surface area contributed by atoms with Gasteiger partial charge in [-0.3, -0.25) is 5.01 Å². The summed E-state index contributed by atoms with van der Waals surface area (Å²) in [5, 5.41) is 4.92. The van der Waals surface area contributed by atoms with Crippen LogP contribution in [0.5, 0.6) is 0 Å². The SMILES string of the molecule is CCCCC1(CCCC)NC(=O)N(C(C)(C)C)N1. The summed E-state index contributed by atoms with van der Waals surface area (Å²) in [5.41, 5.74) is 3.02. The molecule has 0 aromatic heterocycles. The van der Waals surface area contributed by atoms with Gasteiger partial charge in [-0.2, -0.15) is 0 Å². The number of rotatable bonds is 6. The second-order valence-electron chi connectivity index (χ2n) is 6.34.